The van der Waals surface area contributed by atoms with E-state index in [0.717, 1.165) is 24.0 Å². The van der Waals surface area contributed by atoms with Gasteiger partial charge in [0.25, 0.3) is 5.91 Å². The third-order valence-corrected chi connectivity index (χ3v) is 4.15. The fourth-order valence-electron chi connectivity index (χ4n) is 2.78. The summed E-state index contributed by atoms with van der Waals surface area (Å²) in [5.74, 6) is 0.643. The molecule has 0 fully saturated rings. The van der Waals surface area contributed by atoms with Crippen LogP contribution in [0.5, 0.6) is 5.75 Å². The predicted octanol–water partition coefficient (Wildman–Crippen LogP) is 2.85. The Labute approximate surface area is 152 Å². The number of benzene rings is 1. The summed E-state index contributed by atoms with van der Waals surface area (Å²) in [7, 11) is 3.52. The van der Waals surface area contributed by atoms with Crippen LogP contribution in [0.4, 0.5) is 0 Å². The van der Waals surface area contributed by atoms with Crippen molar-refractivity contribution in [3.05, 3.63) is 66.2 Å². The number of carbonyl (C=O) groups is 1. The Morgan fingerprint density at radius 1 is 1.19 bits per heavy atom. The molecule has 0 bridgehead atoms. The molecule has 0 atom stereocenters. The summed E-state index contributed by atoms with van der Waals surface area (Å²) in [4.78, 5) is 16.3. The number of amides is 1. The van der Waals surface area contributed by atoms with Gasteiger partial charge in [0, 0.05) is 37.1 Å². The Hall–Kier alpha value is -3.15. The van der Waals surface area contributed by atoms with Gasteiger partial charge in [-0.1, -0.05) is 12.1 Å². The Balaban J connectivity index is 1.55. The summed E-state index contributed by atoms with van der Waals surface area (Å²) in [6, 6.07) is 9.38. The average molecular weight is 350 g/mol. The molecule has 0 unspecified atom stereocenters. The molecule has 3 aromatic rings. The van der Waals surface area contributed by atoms with Gasteiger partial charge in [0.1, 0.15) is 5.75 Å². The number of methoxy groups -OCH3 is 1. The third-order valence-electron chi connectivity index (χ3n) is 4.15. The van der Waals surface area contributed by atoms with Crippen LogP contribution in [0.2, 0.25) is 0 Å². The molecule has 26 heavy (non-hydrogen) atoms. The van der Waals surface area contributed by atoms with E-state index in [1.807, 2.05) is 49.8 Å². The van der Waals surface area contributed by atoms with E-state index in [4.69, 9.17) is 4.74 Å². The number of pyridine rings is 1. The van der Waals surface area contributed by atoms with Crippen molar-refractivity contribution in [1.29, 1.82) is 0 Å². The average Bonchev–Trinajstić information content (AvgIpc) is 3.10. The molecule has 0 radical (unpaired) electrons. The number of carbonyl (C=O) groups excluding carboxylic acids is 1. The molecule has 2 heterocycles. The highest BCUT2D eigenvalue weighted by Gasteiger charge is 2.08. The second kappa shape index (κ2) is 8.29. The number of aryl methyl sites for hydroxylation is 2. The van der Waals surface area contributed by atoms with E-state index in [0.29, 0.717) is 17.9 Å². The second-order valence-electron chi connectivity index (χ2n) is 6.04. The first-order valence-corrected chi connectivity index (χ1v) is 8.51. The van der Waals surface area contributed by atoms with Gasteiger partial charge in [0.2, 0.25) is 0 Å². The van der Waals surface area contributed by atoms with Crippen molar-refractivity contribution in [2.75, 3.05) is 13.7 Å². The zero-order chi connectivity index (χ0) is 18.4. The monoisotopic (exact) mass is 350 g/mol. The van der Waals surface area contributed by atoms with E-state index < -0.39 is 0 Å². The molecular formula is C20H22N4O2. The highest BCUT2D eigenvalue weighted by Crippen LogP contribution is 2.28. The molecule has 3 rings (SSSR count). The van der Waals surface area contributed by atoms with Gasteiger partial charge in [0.15, 0.2) is 0 Å². The lowest BCUT2D eigenvalue weighted by atomic mass is 10.0. The largest absolute Gasteiger partial charge is 0.494 e. The van der Waals surface area contributed by atoms with E-state index in [2.05, 4.69) is 15.4 Å². The summed E-state index contributed by atoms with van der Waals surface area (Å²) in [5, 5.41) is 7.10. The lowest BCUT2D eigenvalue weighted by Gasteiger charge is -2.09. The maximum atomic E-state index is 12.3. The molecule has 1 amide bonds. The van der Waals surface area contributed by atoms with Crippen molar-refractivity contribution in [2.45, 2.75) is 12.8 Å². The van der Waals surface area contributed by atoms with Crippen LogP contribution in [0, 0.1) is 0 Å². The fourth-order valence-corrected chi connectivity index (χ4v) is 2.78. The summed E-state index contributed by atoms with van der Waals surface area (Å²) < 4.78 is 7.12. The SMILES string of the molecule is COc1cnccc1-c1ccc(C(=O)NCCCc2cnn(C)c2)cc1. The molecule has 0 spiro atoms. The number of hydrogen-bond acceptors (Lipinski definition) is 4. The molecular weight excluding hydrogens is 328 g/mol. The first-order chi connectivity index (χ1) is 12.7. The van der Waals surface area contributed by atoms with Gasteiger partial charge >= 0.3 is 0 Å². The van der Waals surface area contributed by atoms with Crippen molar-refractivity contribution < 1.29 is 9.53 Å². The van der Waals surface area contributed by atoms with Crippen molar-refractivity contribution >= 4 is 5.91 Å². The highest BCUT2D eigenvalue weighted by atomic mass is 16.5. The van der Waals surface area contributed by atoms with Gasteiger partial charge < -0.3 is 10.1 Å². The molecule has 1 aromatic carbocycles. The molecule has 0 aliphatic heterocycles. The quantitative estimate of drug-likeness (QED) is 0.665. The number of rotatable bonds is 7. The second-order valence-corrected chi connectivity index (χ2v) is 6.04. The standard InChI is InChI=1S/C20H22N4O2/c1-24-14-15(12-23-24)4-3-10-22-20(25)17-7-5-16(6-8-17)18-9-11-21-13-19(18)26-2/h5-9,11-14H,3-4,10H2,1-2H3,(H,22,25). The first-order valence-electron chi connectivity index (χ1n) is 8.51. The van der Waals surface area contributed by atoms with Crippen LogP contribution in [-0.4, -0.2) is 34.3 Å². The van der Waals surface area contributed by atoms with E-state index in [1.165, 1.54) is 5.56 Å². The predicted molar refractivity (Wildman–Crippen MR) is 100 cm³/mol. The van der Waals surface area contributed by atoms with E-state index in [1.54, 1.807) is 24.2 Å². The number of ether oxygens (including phenoxy) is 1. The summed E-state index contributed by atoms with van der Waals surface area (Å²) >= 11 is 0. The van der Waals surface area contributed by atoms with Crippen LogP contribution in [0.25, 0.3) is 11.1 Å². The van der Waals surface area contributed by atoms with Crippen molar-refractivity contribution in [1.82, 2.24) is 20.1 Å². The first kappa shape index (κ1) is 17.7. The van der Waals surface area contributed by atoms with Gasteiger partial charge in [-0.3, -0.25) is 14.5 Å². The van der Waals surface area contributed by atoms with Crippen LogP contribution in [0.15, 0.2) is 55.1 Å². The van der Waals surface area contributed by atoms with Gasteiger partial charge in [-0.05, 0) is 42.2 Å². The molecule has 6 nitrogen and oxygen atoms in total. The number of nitrogens with zero attached hydrogens (tertiary/aromatic N) is 3. The lowest BCUT2D eigenvalue weighted by molar-refractivity contribution is 0.0953. The lowest BCUT2D eigenvalue weighted by Crippen LogP contribution is -2.24. The molecule has 0 saturated carbocycles. The fraction of sp³-hybridized carbons (Fsp3) is 0.250. The van der Waals surface area contributed by atoms with Crippen molar-refractivity contribution in [2.24, 2.45) is 7.05 Å². The van der Waals surface area contributed by atoms with Gasteiger partial charge in [-0.25, -0.2) is 0 Å². The Kier molecular flexibility index (Phi) is 5.63. The van der Waals surface area contributed by atoms with Crippen molar-refractivity contribution in [3.8, 4) is 16.9 Å². The summed E-state index contributed by atoms with van der Waals surface area (Å²) in [6.45, 7) is 0.633. The Morgan fingerprint density at radius 2 is 2.00 bits per heavy atom. The van der Waals surface area contributed by atoms with Crippen LogP contribution in [-0.2, 0) is 13.5 Å². The van der Waals surface area contributed by atoms with Crippen molar-refractivity contribution in [3.63, 3.8) is 0 Å². The zero-order valence-corrected chi connectivity index (χ0v) is 15.0. The molecule has 0 aliphatic rings. The van der Waals surface area contributed by atoms with Gasteiger partial charge in [0.05, 0.1) is 19.5 Å². The maximum Gasteiger partial charge on any atom is 0.251 e. The van der Waals surface area contributed by atoms with E-state index in [9.17, 15) is 4.79 Å². The Morgan fingerprint density at radius 3 is 2.69 bits per heavy atom. The van der Waals surface area contributed by atoms with Crippen LogP contribution in [0.3, 0.4) is 0 Å². The number of nitrogens with one attached hydrogen (secondary N) is 1. The van der Waals surface area contributed by atoms with Crippen LogP contribution >= 0.6 is 0 Å². The minimum absolute atomic E-state index is 0.0653. The topological polar surface area (TPSA) is 69.0 Å². The van der Waals surface area contributed by atoms with Crippen LogP contribution in [0.1, 0.15) is 22.3 Å². The molecule has 6 heteroatoms. The maximum absolute atomic E-state index is 12.3. The minimum Gasteiger partial charge on any atom is -0.494 e. The third kappa shape index (κ3) is 4.27. The molecule has 0 saturated heterocycles. The molecule has 0 aliphatic carbocycles. The minimum atomic E-state index is -0.0653. The van der Waals surface area contributed by atoms with E-state index >= 15 is 0 Å². The normalized spacial score (nSPS) is 10.5. The van der Waals surface area contributed by atoms with Gasteiger partial charge in [-0.15, -0.1) is 0 Å². The summed E-state index contributed by atoms with van der Waals surface area (Å²) in [5.41, 5.74) is 3.75. The van der Waals surface area contributed by atoms with Crippen LogP contribution < -0.4 is 10.1 Å². The Bertz CT molecular complexity index is 872. The number of hydrogen-bond donors (Lipinski definition) is 1. The smallest absolute Gasteiger partial charge is 0.251 e. The van der Waals surface area contributed by atoms with E-state index in [-0.39, 0.29) is 5.91 Å². The summed E-state index contributed by atoms with van der Waals surface area (Å²) in [6.07, 6.45) is 9.03. The molecule has 134 valence electrons. The van der Waals surface area contributed by atoms with Gasteiger partial charge in [-0.2, -0.15) is 5.10 Å². The zero-order valence-electron chi connectivity index (χ0n) is 15.0. The molecule has 2 aromatic heterocycles. The highest BCUT2D eigenvalue weighted by molar-refractivity contribution is 5.94. The molecule has 1 N–H and O–H groups in total. The number of aromatic nitrogens is 3.